The molecule has 0 aliphatic heterocycles. The Morgan fingerprint density at radius 3 is 2.44 bits per heavy atom. The summed E-state index contributed by atoms with van der Waals surface area (Å²) >= 11 is 0. The van der Waals surface area contributed by atoms with Crippen LogP contribution in [0.2, 0.25) is 0 Å². The monoisotopic (exact) mass is 222 g/mol. The Morgan fingerprint density at radius 1 is 1.12 bits per heavy atom. The zero-order chi connectivity index (χ0) is 12.0. The molecule has 0 fully saturated rings. The minimum Gasteiger partial charge on any atom is -0.469 e. The molecule has 0 amide bonds. The Hall–Kier alpha value is -1.84. The van der Waals surface area contributed by atoms with E-state index in [0.29, 0.717) is 12.0 Å². The van der Waals surface area contributed by atoms with E-state index in [-0.39, 0.29) is 18.4 Å². The fraction of sp³-hybridized carbons (Fsp3) is 0.333. The van der Waals surface area contributed by atoms with E-state index in [1.54, 1.807) is 18.2 Å². The molecule has 16 heavy (non-hydrogen) atoms. The fourth-order valence-electron chi connectivity index (χ4n) is 1.39. The molecule has 0 aromatic heterocycles. The SMILES string of the molecule is COC(=O)CCc1ccccc1C(=O)OC. The lowest BCUT2D eigenvalue weighted by Gasteiger charge is -2.06. The molecule has 0 saturated heterocycles. The van der Waals surface area contributed by atoms with Gasteiger partial charge in [-0.1, -0.05) is 18.2 Å². The highest BCUT2D eigenvalue weighted by Crippen LogP contribution is 2.12. The van der Waals surface area contributed by atoms with Crippen LogP contribution in [0, 0.1) is 0 Å². The summed E-state index contributed by atoms with van der Waals surface area (Å²) in [4.78, 5) is 22.4. The summed E-state index contributed by atoms with van der Waals surface area (Å²) in [6.45, 7) is 0. The molecule has 4 heteroatoms. The maximum Gasteiger partial charge on any atom is 0.338 e. The molecule has 1 aromatic rings. The topological polar surface area (TPSA) is 52.6 Å². The lowest BCUT2D eigenvalue weighted by Crippen LogP contribution is -2.08. The predicted molar refractivity (Wildman–Crippen MR) is 58.1 cm³/mol. The Kier molecular flexibility index (Phi) is 4.51. The molecular formula is C12H14O4. The number of aryl methyl sites for hydroxylation is 1. The fourth-order valence-corrected chi connectivity index (χ4v) is 1.39. The lowest BCUT2D eigenvalue weighted by atomic mass is 10.0. The van der Waals surface area contributed by atoms with E-state index in [0.717, 1.165) is 5.56 Å². The van der Waals surface area contributed by atoms with Crippen LogP contribution < -0.4 is 0 Å². The first kappa shape index (κ1) is 12.2. The van der Waals surface area contributed by atoms with Gasteiger partial charge in [-0.05, 0) is 18.1 Å². The molecule has 0 saturated carbocycles. The summed E-state index contributed by atoms with van der Waals surface area (Å²) in [5, 5.41) is 0. The normalized spacial score (nSPS) is 9.62. The second-order valence-electron chi connectivity index (χ2n) is 3.22. The third-order valence-electron chi connectivity index (χ3n) is 2.25. The van der Waals surface area contributed by atoms with Crippen molar-refractivity contribution in [3.63, 3.8) is 0 Å². The standard InChI is InChI=1S/C12H14O4/c1-15-11(13)8-7-9-5-3-4-6-10(9)12(14)16-2/h3-6H,7-8H2,1-2H3. The Balaban J connectivity index is 2.79. The number of benzene rings is 1. The van der Waals surface area contributed by atoms with Gasteiger partial charge in [-0.2, -0.15) is 0 Å². The van der Waals surface area contributed by atoms with Gasteiger partial charge >= 0.3 is 11.9 Å². The van der Waals surface area contributed by atoms with Gasteiger partial charge in [0, 0.05) is 6.42 Å². The molecule has 0 N–H and O–H groups in total. The van der Waals surface area contributed by atoms with E-state index < -0.39 is 0 Å². The molecule has 0 radical (unpaired) electrons. The zero-order valence-corrected chi connectivity index (χ0v) is 9.36. The van der Waals surface area contributed by atoms with Crippen LogP contribution in [0.4, 0.5) is 0 Å². The summed E-state index contributed by atoms with van der Waals surface area (Å²) in [5.41, 5.74) is 1.29. The molecule has 0 bridgehead atoms. The van der Waals surface area contributed by atoms with Crippen molar-refractivity contribution in [3.05, 3.63) is 35.4 Å². The maximum atomic E-state index is 11.4. The van der Waals surface area contributed by atoms with Crippen molar-refractivity contribution in [3.8, 4) is 0 Å². The van der Waals surface area contributed by atoms with Crippen molar-refractivity contribution in [1.82, 2.24) is 0 Å². The molecule has 1 rings (SSSR count). The number of hydrogen-bond donors (Lipinski definition) is 0. The molecule has 4 nitrogen and oxygen atoms in total. The van der Waals surface area contributed by atoms with Crippen LogP contribution in [0.5, 0.6) is 0 Å². The van der Waals surface area contributed by atoms with Crippen LogP contribution >= 0.6 is 0 Å². The minimum absolute atomic E-state index is 0.254. The molecule has 86 valence electrons. The highest BCUT2D eigenvalue weighted by Gasteiger charge is 2.11. The van der Waals surface area contributed by atoms with Gasteiger partial charge in [0.05, 0.1) is 19.8 Å². The molecule has 0 aliphatic rings. The van der Waals surface area contributed by atoms with Crippen molar-refractivity contribution in [2.45, 2.75) is 12.8 Å². The largest absolute Gasteiger partial charge is 0.469 e. The molecule has 0 aliphatic carbocycles. The van der Waals surface area contributed by atoms with Gasteiger partial charge < -0.3 is 9.47 Å². The smallest absolute Gasteiger partial charge is 0.338 e. The molecule has 0 spiro atoms. The number of carbonyl (C=O) groups excluding carboxylic acids is 2. The summed E-state index contributed by atoms with van der Waals surface area (Å²) in [5.74, 6) is -0.680. The Morgan fingerprint density at radius 2 is 1.81 bits per heavy atom. The van der Waals surface area contributed by atoms with E-state index in [2.05, 4.69) is 9.47 Å². The van der Waals surface area contributed by atoms with Gasteiger partial charge in [-0.3, -0.25) is 4.79 Å². The highest BCUT2D eigenvalue weighted by molar-refractivity contribution is 5.91. The van der Waals surface area contributed by atoms with Crippen molar-refractivity contribution in [2.24, 2.45) is 0 Å². The van der Waals surface area contributed by atoms with Crippen molar-refractivity contribution < 1.29 is 19.1 Å². The third kappa shape index (κ3) is 3.08. The first-order valence-electron chi connectivity index (χ1n) is 4.92. The third-order valence-corrected chi connectivity index (χ3v) is 2.25. The van der Waals surface area contributed by atoms with Crippen LogP contribution in [-0.2, 0) is 20.7 Å². The number of ether oxygens (including phenoxy) is 2. The van der Waals surface area contributed by atoms with E-state index in [1.807, 2.05) is 6.07 Å². The molecule has 0 unspecified atom stereocenters. The van der Waals surface area contributed by atoms with Crippen molar-refractivity contribution >= 4 is 11.9 Å². The van der Waals surface area contributed by atoms with Gasteiger partial charge in [0.15, 0.2) is 0 Å². The summed E-state index contributed by atoms with van der Waals surface area (Å²) in [6.07, 6.45) is 0.725. The van der Waals surface area contributed by atoms with Gasteiger partial charge in [0.2, 0.25) is 0 Å². The van der Waals surface area contributed by atoms with Gasteiger partial charge in [-0.15, -0.1) is 0 Å². The van der Waals surface area contributed by atoms with Crippen LogP contribution in [0.15, 0.2) is 24.3 Å². The quantitative estimate of drug-likeness (QED) is 0.726. The first-order valence-corrected chi connectivity index (χ1v) is 4.92. The van der Waals surface area contributed by atoms with Gasteiger partial charge in [0.25, 0.3) is 0 Å². The van der Waals surface area contributed by atoms with Crippen LogP contribution in [-0.4, -0.2) is 26.2 Å². The second-order valence-corrected chi connectivity index (χ2v) is 3.22. The lowest BCUT2D eigenvalue weighted by molar-refractivity contribution is -0.140. The van der Waals surface area contributed by atoms with E-state index in [4.69, 9.17) is 0 Å². The van der Waals surface area contributed by atoms with Crippen LogP contribution in [0.3, 0.4) is 0 Å². The summed E-state index contributed by atoms with van der Waals surface area (Å²) < 4.78 is 9.20. The summed E-state index contributed by atoms with van der Waals surface area (Å²) in [6, 6.07) is 7.06. The number of esters is 2. The Bertz CT molecular complexity index is 384. The van der Waals surface area contributed by atoms with Crippen molar-refractivity contribution in [1.29, 1.82) is 0 Å². The molecule has 0 atom stereocenters. The Labute approximate surface area is 94.2 Å². The molecule has 1 aromatic carbocycles. The number of hydrogen-bond acceptors (Lipinski definition) is 4. The number of rotatable bonds is 4. The zero-order valence-electron chi connectivity index (χ0n) is 9.36. The highest BCUT2D eigenvalue weighted by atomic mass is 16.5. The van der Waals surface area contributed by atoms with Gasteiger partial charge in [-0.25, -0.2) is 4.79 Å². The molecular weight excluding hydrogens is 208 g/mol. The predicted octanol–water partition coefficient (Wildman–Crippen LogP) is 1.58. The average Bonchev–Trinajstić information content (AvgIpc) is 2.35. The van der Waals surface area contributed by atoms with Gasteiger partial charge in [0.1, 0.15) is 0 Å². The average molecular weight is 222 g/mol. The van der Waals surface area contributed by atoms with Crippen molar-refractivity contribution in [2.75, 3.05) is 14.2 Å². The van der Waals surface area contributed by atoms with Crippen LogP contribution in [0.1, 0.15) is 22.3 Å². The minimum atomic E-state index is -0.388. The van der Waals surface area contributed by atoms with Crippen LogP contribution in [0.25, 0.3) is 0 Å². The van der Waals surface area contributed by atoms with E-state index in [9.17, 15) is 9.59 Å². The van der Waals surface area contributed by atoms with E-state index >= 15 is 0 Å². The van der Waals surface area contributed by atoms with E-state index in [1.165, 1.54) is 14.2 Å². The first-order chi connectivity index (χ1) is 7.69. The second kappa shape index (κ2) is 5.90. The number of methoxy groups -OCH3 is 2. The number of carbonyl (C=O) groups is 2. The maximum absolute atomic E-state index is 11.4. The summed E-state index contributed by atoms with van der Waals surface area (Å²) in [7, 11) is 2.67. The molecule has 0 heterocycles.